The summed E-state index contributed by atoms with van der Waals surface area (Å²) in [5, 5.41) is 8.85. The number of aliphatic hydroxyl groups excluding tert-OH is 1. The molecule has 2 amide bonds. The zero-order valence-corrected chi connectivity index (χ0v) is 18.1. The molecule has 2 rings (SSSR count). The lowest BCUT2D eigenvalue weighted by Crippen LogP contribution is -2.42. The van der Waals surface area contributed by atoms with Crippen LogP contribution in [-0.4, -0.2) is 72.9 Å². The van der Waals surface area contributed by atoms with Crippen LogP contribution in [0.1, 0.15) is 32.1 Å². The Balaban J connectivity index is 1.68. The maximum absolute atomic E-state index is 12.3. The lowest BCUT2D eigenvalue weighted by atomic mass is 9.92. The lowest BCUT2D eigenvalue weighted by molar-refractivity contribution is -0.132. The molecule has 0 heterocycles. The van der Waals surface area contributed by atoms with Crippen molar-refractivity contribution in [3.8, 4) is 5.75 Å². The quantitative estimate of drug-likeness (QED) is 0.649. The van der Waals surface area contributed by atoms with Gasteiger partial charge in [-0.25, -0.2) is 4.79 Å². The van der Waals surface area contributed by atoms with Gasteiger partial charge in [-0.15, -0.1) is 0 Å². The predicted octanol–water partition coefficient (Wildman–Crippen LogP) is 3.05. The molecule has 0 bridgehead atoms. The molecule has 1 aliphatic rings. The molecule has 1 aliphatic carbocycles. The largest absolute Gasteiger partial charge is 0.415 e. The number of likely N-dealkylation sites (N-methyl/N-ethyl adjacent to an activating group) is 1. The summed E-state index contributed by atoms with van der Waals surface area (Å²) in [6, 6.07) is 7.29. The van der Waals surface area contributed by atoms with Crippen molar-refractivity contribution in [2.45, 2.75) is 44.2 Å². The Bertz CT molecular complexity index is 632. The van der Waals surface area contributed by atoms with Crippen molar-refractivity contribution in [2.24, 2.45) is 0 Å². The fraction of sp³-hybridized carbons (Fsp3) is 0.600. The second-order valence-electron chi connectivity index (χ2n) is 7.02. The van der Waals surface area contributed by atoms with Crippen molar-refractivity contribution in [3.63, 3.8) is 0 Å². The van der Waals surface area contributed by atoms with Gasteiger partial charge >= 0.3 is 6.09 Å². The molecule has 8 heteroatoms. The maximum atomic E-state index is 12.3. The van der Waals surface area contributed by atoms with E-state index in [1.165, 1.54) is 4.90 Å². The normalized spacial score (nSPS) is 19.1. The third-order valence-corrected chi connectivity index (χ3v) is 5.56. The third-order valence-electron chi connectivity index (χ3n) is 5.03. The first-order valence-corrected chi connectivity index (χ1v) is 10.4. The summed E-state index contributed by atoms with van der Waals surface area (Å²) in [5.74, 6) is 0.492. The minimum Gasteiger partial charge on any atom is -0.410 e. The Kier molecular flexibility index (Phi) is 9.21. The highest BCUT2D eigenvalue weighted by Crippen LogP contribution is 2.25. The highest BCUT2D eigenvalue weighted by molar-refractivity contribution is 9.10. The SMILES string of the molecule is CN(CCO)C(=O)CCOC1CCC(N(C)C(=O)Oc2ccc(Br)cc2)CC1. The molecule has 1 fully saturated rings. The van der Waals surface area contributed by atoms with E-state index >= 15 is 0 Å². The maximum Gasteiger partial charge on any atom is 0.415 e. The van der Waals surface area contributed by atoms with Gasteiger partial charge in [0, 0.05) is 31.2 Å². The van der Waals surface area contributed by atoms with Crippen LogP contribution in [0.2, 0.25) is 0 Å². The number of aliphatic hydroxyl groups is 1. The Hall–Kier alpha value is -1.64. The van der Waals surface area contributed by atoms with Crippen molar-refractivity contribution >= 4 is 27.9 Å². The van der Waals surface area contributed by atoms with Gasteiger partial charge in [-0.1, -0.05) is 15.9 Å². The number of ether oxygens (including phenoxy) is 2. The monoisotopic (exact) mass is 456 g/mol. The molecule has 1 saturated carbocycles. The van der Waals surface area contributed by atoms with Gasteiger partial charge in [0.1, 0.15) is 5.75 Å². The molecule has 7 nitrogen and oxygen atoms in total. The number of amides is 2. The van der Waals surface area contributed by atoms with E-state index in [9.17, 15) is 9.59 Å². The molecular formula is C20H29BrN2O5. The van der Waals surface area contributed by atoms with Crippen LogP contribution in [0.15, 0.2) is 28.7 Å². The van der Waals surface area contributed by atoms with Gasteiger partial charge in [0.25, 0.3) is 0 Å². The molecule has 156 valence electrons. The smallest absolute Gasteiger partial charge is 0.410 e. The van der Waals surface area contributed by atoms with Gasteiger partial charge in [-0.05, 0) is 49.9 Å². The third kappa shape index (κ3) is 7.07. The van der Waals surface area contributed by atoms with Gasteiger partial charge in [0.05, 0.1) is 25.7 Å². The molecule has 1 aromatic carbocycles. The highest BCUT2D eigenvalue weighted by Gasteiger charge is 2.28. The summed E-state index contributed by atoms with van der Waals surface area (Å²) in [4.78, 5) is 27.3. The molecule has 0 spiro atoms. The number of hydrogen-bond donors (Lipinski definition) is 1. The van der Waals surface area contributed by atoms with Gasteiger partial charge < -0.3 is 24.4 Å². The molecule has 0 saturated heterocycles. The fourth-order valence-electron chi connectivity index (χ4n) is 3.20. The number of carbonyl (C=O) groups excluding carboxylic acids is 2. The number of benzene rings is 1. The van der Waals surface area contributed by atoms with Crippen LogP contribution in [0.4, 0.5) is 4.79 Å². The number of carbonyl (C=O) groups is 2. The van der Waals surface area contributed by atoms with Gasteiger partial charge in [-0.3, -0.25) is 4.79 Å². The Labute approximate surface area is 174 Å². The summed E-state index contributed by atoms with van der Waals surface area (Å²) >= 11 is 3.35. The lowest BCUT2D eigenvalue weighted by Gasteiger charge is -2.34. The number of hydrogen-bond acceptors (Lipinski definition) is 5. The summed E-state index contributed by atoms with van der Waals surface area (Å²) in [7, 11) is 3.44. The van der Waals surface area contributed by atoms with Crippen molar-refractivity contribution in [1.82, 2.24) is 9.80 Å². The van der Waals surface area contributed by atoms with Crippen LogP contribution in [-0.2, 0) is 9.53 Å². The summed E-state index contributed by atoms with van der Waals surface area (Å²) in [6.07, 6.45) is 3.45. The van der Waals surface area contributed by atoms with Crippen molar-refractivity contribution in [2.75, 3.05) is 33.9 Å². The van der Waals surface area contributed by atoms with Crippen LogP contribution in [0.25, 0.3) is 0 Å². The van der Waals surface area contributed by atoms with Crippen molar-refractivity contribution < 1.29 is 24.2 Å². The van der Waals surface area contributed by atoms with E-state index in [1.807, 2.05) is 12.1 Å². The van der Waals surface area contributed by atoms with Crippen molar-refractivity contribution in [1.29, 1.82) is 0 Å². The molecular weight excluding hydrogens is 428 g/mol. The Morgan fingerprint density at radius 3 is 2.39 bits per heavy atom. The Morgan fingerprint density at radius 1 is 1.14 bits per heavy atom. The van der Waals surface area contributed by atoms with E-state index in [1.54, 1.807) is 31.1 Å². The van der Waals surface area contributed by atoms with E-state index in [0.717, 1.165) is 30.2 Å². The average molecular weight is 457 g/mol. The fourth-order valence-corrected chi connectivity index (χ4v) is 3.47. The highest BCUT2D eigenvalue weighted by atomic mass is 79.9. The number of rotatable bonds is 8. The Morgan fingerprint density at radius 2 is 1.79 bits per heavy atom. The number of nitrogens with zero attached hydrogens (tertiary/aromatic N) is 2. The summed E-state index contributed by atoms with van der Waals surface area (Å²) in [6.45, 7) is 0.683. The van der Waals surface area contributed by atoms with Crippen LogP contribution >= 0.6 is 15.9 Å². The van der Waals surface area contributed by atoms with E-state index in [4.69, 9.17) is 14.6 Å². The molecule has 0 aliphatic heterocycles. The van der Waals surface area contributed by atoms with Crippen LogP contribution in [0, 0.1) is 0 Å². The summed E-state index contributed by atoms with van der Waals surface area (Å²) in [5.41, 5.74) is 0. The second kappa shape index (κ2) is 11.4. The average Bonchev–Trinajstić information content (AvgIpc) is 2.69. The second-order valence-corrected chi connectivity index (χ2v) is 7.94. The molecule has 0 atom stereocenters. The minimum atomic E-state index is -0.357. The first kappa shape index (κ1) is 22.6. The van der Waals surface area contributed by atoms with E-state index in [0.29, 0.717) is 25.3 Å². The van der Waals surface area contributed by atoms with E-state index < -0.39 is 0 Å². The van der Waals surface area contributed by atoms with E-state index in [-0.39, 0.29) is 30.8 Å². The standard InChI is InChI=1S/C20H29BrN2O5/c1-22(12-13-24)19(25)11-14-27-17-9-5-16(6-10-17)23(2)20(26)28-18-7-3-15(21)4-8-18/h3-4,7-8,16-17,24H,5-6,9-14H2,1-2H3. The molecule has 0 unspecified atom stereocenters. The molecule has 28 heavy (non-hydrogen) atoms. The predicted molar refractivity (Wildman–Crippen MR) is 109 cm³/mol. The zero-order valence-electron chi connectivity index (χ0n) is 16.5. The van der Waals surface area contributed by atoms with Crippen LogP contribution in [0.5, 0.6) is 5.75 Å². The van der Waals surface area contributed by atoms with Gasteiger partial charge in [0.15, 0.2) is 0 Å². The number of halogens is 1. The van der Waals surface area contributed by atoms with Crippen molar-refractivity contribution in [3.05, 3.63) is 28.7 Å². The van der Waals surface area contributed by atoms with Crippen LogP contribution < -0.4 is 4.74 Å². The summed E-state index contributed by atoms with van der Waals surface area (Å²) < 4.78 is 12.2. The molecule has 0 radical (unpaired) electrons. The first-order chi connectivity index (χ1) is 13.4. The van der Waals surface area contributed by atoms with Gasteiger partial charge in [0.2, 0.25) is 5.91 Å². The molecule has 1 N–H and O–H groups in total. The van der Waals surface area contributed by atoms with E-state index in [2.05, 4.69) is 15.9 Å². The minimum absolute atomic E-state index is 0.0295. The first-order valence-electron chi connectivity index (χ1n) is 9.57. The zero-order chi connectivity index (χ0) is 20.5. The topological polar surface area (TPSA) is 79.3 Å². The molecule has 1 aromatic rings. The molecule has 0 aromatic heterocycles. The van der Waals surface area contributed by atoms with Gasteiger partial charge in [-0.2, -0.15) is 0 Å². The van der Waals surface area contributed by atoms with Crippen LogP contribution in [0.3, 0.4) is 0 Å².